The van der Waals surface area contributed by atoms with Crippen molar-refractivity contribution in [1.82, 2.24) is 9.80 Å². The maximum Gasteiger partial charge on any atom is 0.407 e. The molecule has 1 aliphatic heterocycles. The molecule has 0 aliphatic carbocycles. The van der Waals surface area contributed by atoms with Crippen LogP contribution in [0.4, 0.5) is 9.59 Å². The minimum absolute atomic E-state index is 0.208. The fourth-order valence-corrected chi connectivity index (χ4v) is 3.80. The van der Waals surface area contributed by atoms with Gasteiger partial charge in [0, 0.05) is 13.1 Å². The number of halogens is 1. The molecule has 0 spiro atoms. The van der Waals surface area contributed by atoms with Crippen LogP contribution in [0.15, 0.2) is 42.5 Å². The quantitative estimate of drug-likeness (QED) is 0.665. The molecule has 0 aromatic heterocycles. The zero-order valence-corrected chi connectivity index (χ0v) is 14.1. The van der Waals surface area contributed by atoms with Gasteiger partial charge in [-0.3, -0.25) is 4.79 Å². The summed E-state index contributed by atoms with van der Waals surface area (Å²) in [6.45, 7) is 2.65. The van der Waals surface area contributed by atoms with Crippen molar-refractivity contribution in [3.8, 4) is 0 Å². The number of fused-ring (bicyclic) bond motifs is 1. The van der Waals surface area contributed by atoms with E-state index in [4.69, 9.17) is 16.7 Å². The smallest absolute Gasteiger partial charge is 0.407 e. The molecule has 1 N–H and O–H groups in total. The Bertz CT molecular complexity index is 774. The third-order valence-corrected chi connectivity index (χ3v) is 4.92. The molecule has 2 aromatic carbocycles. The molecule has 2 atom stereocenters. The first kappa shape index (κ1) is 16.6. The maximum atomic E-state index is 12.1. The van der Waals surface area contributed by atoms with Gasteiger partial charge in [0.2, 0.25) is 0 Å². The molecule has 0 saturated carbocycles. The Hall–Kier alpha value is -2.27. The van der Waals surface area contributed by atoms with E-state index in [2.05, 4.69) is 0 Å². The van der Waals surface area contributed by atoms with E-state index < -0.39 is 11.5 Å². The van der Waals surface area contributed by atoms with Crippen molar-refractivity contribution in [2.45, 2.75) is 25.4 Å². The summed E-state index contributed by atoms with van der Waals surface area (Å²) in [5, 5.41) is 10.8. The Morgan fingerprint density at radius 1 is 1.25 bits per heavy atom. The molecule has 0 radical (unpaired) electrons. The zero-order valence-electron chi connectivity index (χ0n) is 13.4. The maximum absolute atomic E-state index is 12.1. The number of hydrogen-bond acceptors (Lipinski definition) is 2. The van der Waals surface area contributed by atoms with E-state index in [0.29, 0.717) is 19.5 Å². The number of carbonyl (C=O) groups is 2. The topological polar surface area (TPSA) is 60.9 Å². The summed E-state index contributed by atoms with van der Waals surface area (Å²) in [5.74, 6) is 0. The Labute approximate surface area is 145 Å². The van der Waals surface area contributed by atoms with Crippen LogP contribution in [0.5, 0.6) is 0 Å². The molecule has 24 heavy (non-hydrogen) atoms. The molecule has 1 saturated heterocycles. The number of likely N-dealkylation sites (tertiary alicyclic amines) is 1. The van der Waals surface area contributed by atoms with E-state index in [9.17, 15) is 9.59 Å². The van der Waals surface area contributed by atoms with E-state index in [0.717, 1.165) is 16.3 Å². The van der Waals surface area contributed by atoms with Crippen molar-refractivity contribution in [3.05, 3.63) is 48.0 Å². The predicted molar refractivity (Wildman–Crippen MR) is 93.5 cm³/mol. The molecule has 0 unspecified atom stereocenters. The van der Waals surface area contributed by atoms with Crippen molar-refractivity contribution in [2.24, 2.45) is 0 Å². The van der Waals surface area contributed by atoms with E-state index in [1.165, 1.54) is 4.90 Å². The van der Waals surface area contributed by atoms with E-state index in [1.54, 1.807) is 4.90 Å². The first-order valence-electron chi connectivity index (χ1n) is 7.92. The summed E-state index contributed by atoms with van der Waals surface area (Å²) >= 11 is 5.87. The molecule has 0 bridgehead atoms. The van der Waals surface area contributed by atoms with Crippen LogP contribution in [-0.2, 0) is 0 Å². The standard InChI is InChI=1S/C18H19ClN2O3/c1-12(15-8-4-6-13-5-2-3-7-16(13)15)21(17(19)22)14-9-10-20(11-14)18(23)24/h2-8,12,14H,9-11H2,1H3,(H,23,24)/t12-,14-/m1/s1. The summed E-state index contributed by atoms with van der Waals surface area (Å²) in [7, 11) is 0. The van der Waals surface area contributed by atoms with Crippen molar-refractivity contribution in [1.29, 1.82) is 0 Å². The average molecular weight is 347 g/mol. The first-order valence-corrected chi connectivity index (χ1v) is 8.30. The molecule has 3 rings (SSSR count). The lowest BCUT2D eigenvalue weighted by atomic mass is 9.98. The summed E-state index contributed by atoms with van der Waals surface area (Å²) in [6, 6.07) is 13.5. The fraction of sp³-hybridized carbons (Fsp3) is 0.333. The highest BCUT2D eigenvalue weighted by Gasteiger charge is 2.35. The molecule has 126 valence electrons. The van der Waals surface area contributed by atoms with Crippen molar-refractivity contribution in [2.75, 3.05) is 13.1 Å². The van der Waals surface area contributed by atoms with Gasteiger partial charge in [0.1, 0.15) is 0 Å². The van der Waals surface area contributed by atoms with Gasteiger partial charge in [0.15, 0.2) is 0 Å². The summed E-state index contributed by atoms with van der Waals surface area (Å²) in [5.41, 5.74) is 1.01. The van der Waals surface area contributed by atoms with Crippen LogP contribution in [0.25, 0.3) is 10.8 Å². The highest BCUT2D eigenvalue weighted by atomic mass is 35.5. The Balaban J connectivity index is 1.94. The lowest BCUT2D eigenvalue weighted by Crippen LogP contribution is -2.41. The monoisotopic (exact) mass is 346 g/mol. The summed E-state index contributed by atoms with van der Waals surface area (Å²) < 4.78 is 0. The molecular formula is C18H19ClN2O3. The number of carbonyl (C=O) groups excluding carboxylic acids is 1. The SMILES string of the molecule is C[C@H](c1cccc2ccccc12)N(C(=O)Cl)[C@@H]1CCN(C(=O)O)C1. The van der Waals surface area contributed by atoms with Gasteiger partial charge in [-0.05, 0) is 41.3 Å². The lowest BCUT2D eigenvalue weighted by Gasteiger charge is -2.33. The Morgan fingerprint density at radius 3 is 2.62 bits per heavy atom. The highest BCUT2D eigenvalue weighted by Crippen LogP contribution is 2.32. The number of carboxylic acid groups (broad SMARTS) is 1. The zero-order chi connectivity index (χ0) is 17.3. The Kier molecular flexibility index (Phi) is 4.62. The number of nitrogens with zero attached hydrogens (tertiary/aromatic N) is 2. The lowest BCUT2D eigenvalue weighted by molar-refractivity contribution is 0.144. The minimum Gasteiger partial charge on any atom is -0.465 e. The van der Waals surface area contributed by atoms with E-state index in [1.807, 2.05) is 49.4 Å². The number of hydrogen-bond donors (Lipinski definition) is 1. The van der Waals surface area contributed by atoms with Crippen LogP contribution in [0.3, 0.4) is 0 Å². The van der Waals surface area contributed by atoms with Crippen LogP contribution in [0, 0.1) is 0 Å². The van der Waals surface area contributed by atoms with Gasteiger partial charge in [0.25, 0.3) is 0 Å². The second-order valence-corrected chi connectivity index (χ2v) is 6.40. The third-order valence-electron chi connectivity index (χ3n) is 4.72. The fourth-order valence-electron chi connectivity index (χ4n) is 3.52. The molecule has 2 amide bonds. The van der Waals surface area contributed by atoms with Crippen LogP contribution < -0.4 is 0 Å². The predicted octanol–water partition coefficient (Wildman–Crippen LogP) is 4.31. The van der Waals surface area contributed by atoms with Gasteiger partial charge < -0.3 is 14.9 Å². The van der Waals surface area contributed by atoms with E-state index >= 15 is 0 Å². The largest absolute Gasteiger partial charge is 0.465 e. The third kappa shape index (κ3) is 3.04. The van der Waals surface area contributed by atoms with Crippen molar-refractivity contribution >= 4 is 33.8 Å². The second kappa shape index (κ2) is 6.69. The molecule has 6 heteroatoms. The second-order valence-electron chi connectivity index (χ2n) is 6.08. The van der Waals surface area contributed by atoms with Gasteiger partial charge >= 0.3 is 11.5 Å². The summed E-state index contributed by atoms with van der Waals surface area (Å²) in [6.07, 6.45) is -0.364. The van der Waals surface area contributed by atoms with Crippen LogP contribution in [0.2, 0.25) is 0 Å². The Morgan fingerprint density at radius 2 is 1.96 bits per heavy atom. The van der Waals surface area contributed by atoms with E-state index in [-0.39, 0.29) is 12.1 Å². The average Bonchev–Trinajstić information content (AvgIpc) is 3.03. The molecule has 1 heterocycles. The van der Waals surface area contributed by atoms with Gasteiger partial charge in [-0.15, -0.1) is 0 Å². The van der Waals surface area contributed by atoms with Crippen LogP contribution >= 0.6 is 11.6 Å². The van der Waals surface area contributed by atoms with Crippen LogP contribution in [-0.4, -0.2) is 45.5 Å². The number of benzene rings is 2. The van der Waals surface area contributed by atoms with Gasteiger partial charge in [-0.2, -0.15) is 0 Å². The summed E-state index contributed by atoms with van der Waals surface area (Å²) in [4.78, 5) is 26.2. The first-order chi connectivity index (χ1) is 11.5. The molecule has 1 fully saturated rings. The number of amides is 2. The minimum atomic E-state index is -0.961. The molecule has 2 aromatic rings. The van der Waals surface area contributed by atoms with Gasteiger partial charge in [-0.25, -0.2) is 4.79 Å². The van der Waals surface area contributed by atoms with Crippen molar-refractivity contribution < 1.29 is 14.7 Å². The van der Waals surface area contributed by atoms with Crippen LogP contribution in [0.1, 0.15) is 24.9 Å². The number of rotatable bonds is 3. The normalized spacial score (nSPS) is 18.6. The molecular weight excluding hydrogens is 328 g/mol. The van der Waals surface area contributed by atoms with Gasteiger partial charge in [-0.1, -0.05) is 42.5 Å². The highest BCUT2D eigenvalue weighted by molar-refractivity contribution is 6.62. The molecule has 5 nitrogen and oxygen atoms in total. The molecule has 1 aliphatic rings. The van der Waals surface area contributed by atoms with Gasteiger partial charge in [0.05, 0.1) is 12.1 Å². The van der Waals surface area contributed by atoms with Crippen molar-refractivity contribution in [3.63, 3.8) is 0 Å².